The van der Waals surface area contributed by atoms with Crippen LogP contribution in [-0.2, 0) is 19.2 Å². The van der Waals surface area contributed by atoms with Crippen molar-refractivity contribution >= 4 is 11.0 Å². The Hall–Kier alpha value is -4.52. The molecule has 1 aromatic heterocycles. The number of ether oxygens (including phenoxy) is 1. The molecular formula is C33H25F3O4. The maximum Gasteiger partial charge on any atom is 0.416 e. The highest BCUT2D eigenvalue weighted by molar-refractivity contribution is 5.84. The summed E-state index contributed by atoms with van der Waals surface area (Å²) in [5, 5.41) is 11.7. The van der Waals surface area contributed by atoms with Crippen LogP contribution < -0.4 is 10.4 Å². The molecule has 0 aliphatic heterocycles. The van der Waals surface area contributed by atoms with Gasteiger partial charge in [-0.15, -0.1) is 0 Å². The lowest BCUT2D eigenvalue weighted by Gasteiger charge is -2.32. The molecule has 0 bridgehead atoms. The highest BCUT2D eigenvalue weighted by Crippen LogP contribution is 2.47. The lowest BCUT2D eigenvalue weighted by molar-refractivity contribution is -0.137. The van der Waals surface area contributed by atoms with E-state index >= 15 is 0 Å². The van der Waals surface area contributed by atoms with E-state index in [4.69, 9.17) is 9.15 Å². The van der Waals surface area contributed by atoms with Gasteiger partial charge in [-0.3, -0.25) is 0 Å². The predicted molar refractivity (Wildman–Crippen MR) is 146 cm³/mol. The third-order valence-electron chi connectivity index (χ3n) is 7.62. The SMILES string of the molecule is O=c1oc2ccccc2c(O)c1C1CC(c2ccccc2OCc2ccc(C(F)(F)F)cc2)Cc2ccccc21. The highest BCUT2D eigenvalue weighted by atomic mass is 19.4. The second-order valence-corrected chi connectivity index (χ2v) is 10.1. The molecule has 0 fully saturated rings. The number of benzene rings is 4. The number of fused-ring (bicyclic) bond motifs is 2. The second-order valence-electron chi connectivity index (χ2n) is 10.1. The number of aromatic hydroxyl groups is 1. The molecule has 1 aliphatic rings. The predicted octanol–water partition coefficient (Wildman–Crippen LogP) is 7.96. The summed E-state index contributed by atoms with van der Waals surface area (Å²) in [5.41, 5.74) is 2.88. The van der Waals surface area contributed by atoms with Gasteiger partial charge in [0.1, 0.15) is 23.7 Å². The van der Waals surface area contributed by atoms with Crippen molar-refractivity contribution in [2.75, 3.05) is 0 Å². The smallest absolute Gasteiger partial charge is 0.416 e. The minimum absolute atomic E-state index is 0.0472. The lowest BCUT2D eigenvalue weighted by atomic mass is 9.71. The first-order valence-electron chi connectivity index (χ1n) is 13.0. The number of halogens is 3. The van der Waals surface area contributed by atoms with E-state index in [0.717, 1.165) is 28.8 Å². The fraction of sp³-hybridized carbons (Fsp3) is 0.182. The van der Waals surface area contributed by atoms with Crippen molar-refractivity contribution in [2.24, 2.45) is 0 Å². The van der Waals surface area contributed by atoms with Crippen LogP contribution in [0.5, 0.6) is 11.5 Å². The van der Waals surface area contributed by atoms with Crippen molar-refractivity contribution in [1.29, 1.82) is 0 Å². The molecule has 7 heteroatoms. The molecule has 0 spiro atoms. The van der Waals surface area contributed by atoms with Gasteiger partial charge in [0.2, 0.25) is 0 Å². The minimum atomic E-state index is -4.39. The minimum Gasteiger partial charge on any atom is -0.507 e. The van der Waals surface area contributed by atoms with Crippen LogP contribution in [0.3, 0.4) is 0 Å². The van der Waals surface area contributed by atoms with E-state index in [2.05, 4.69) is 0 Å². The van der Waals surface area contributed by atoms with Crippen LogP contribution in [0, 0.1) is 0 Å². The maximum absolute atomic E-state index is 13.2. The van der Waals surface area contributed by atoms with Crippen molar-refractivity contribution < 1.29 is 27.4 Å². The molecule has 0 radical (unpaired) electrons. The molecule has 202 valence electrons. The van der Waals surface area contributed by atoms with Gasteiger partial charge in [-0.25, -0.2) is 4.79 Å². The topological polar surface area (TPSA) is 59.7 Å². The summed E-state index contributed by atoms with van der Waals surface area (Å²) in [5.74, 6) is 0.104. The fourth-order valence-corrected chi connectivity index (χ4v) is 5.69. The second kappa shape index (κ2) is 10.2. The fourth-order valence-electron chi connectivity index (χ4n) is 5.69. The molecule has 4 aromatic carbocycles. The molecule has 5 aromatic rings. The molecule has 1 N–H and O–H groups in total. The van der Waals surface area contributed by atoms with Gasteiger partial charge in [0, 0.05) is 5.92 Å². The molecule has 0 amide bonds. The normalized spacial score (nSPS) is 17.0. The number of alkyl halides is 3. The van der Waals surface area contributed by atoms with Crippen LogP contribution in [0.15, 0.2) is 106 Å². The Bertz CT molecular complexity index is 1740. The van der Waals surface area contributed by atoms with Gasteiger partial charge >= 0.3 is 11.8 Å². The zero-order valence-corrected chi connectivity index (χ0v) is 21.3. The maximum atomic E-state index is 13.2. The summed E-state index contributed by atoms with van der Waals surface area (Å²) in [6.45, 7) is 0.108. The van der Waals surface area contributed by atoms with E-state index in [1.54, 1.807) is 24.3 Å². The monoisotopic (exact) mass is 542 g/mol. The molecule has 4 nitrogen and oxygen atoms in total. The molecule has 2 atom stereocenters. The Morgan fingerprint density at radius 3 is 2.30 bits per heavy atom. The van der Waals surface area contributed by atoms with E-state index in [-0.39, 0.29) is 23.8 Å². The average Bonchev–Trinajstić information content (AvgIpc) is 2.96. The van der Waals surface area contributed by atoms with E-state index < -0.39 is 23.3 Å². The van der Waals surface area contributed by atoms with E-state index in [0.29, 0.717) is 35.1 Å². The highest BCUT2D eigenvalue weighted by Gasteiger charge is 2.34. The first-order chi connectivity index (χ1) is 19.3. The lowest BCUT2D eigenvalue weighted by Crippen LogP contribution is -2.23. The molecule has 40 heavy (non-hydrogen) atoms. The van der Waals surface area contributed by atoms with Crippen LogP contribution in [0.4, 0.5) is 13.2 Å². The van der Waals surface area contributed by atoms with Gasteiger partial charge in [0.05, 0.1) is 16.5 Å². The quantitative estimate of drug-likeness (QED) is 0.229. The standard InChI is InChI=1S/C33H25F3O4/c34-33(35,36)23-15-13-20(14-16-23)19-39-28-11-5-3-9-25(28)22-17-21-7-1-2-8-24(21)27(18-22)30-31(37)26-10-4-6-12-29(26)40-32(30)38/h1-16,22,27,37H,17-19H2. The first-order valence-corrected chi connectivity index (χ1v) is 13.0. The molecular weight excluding hydrogens is 517 g/mol. The Kier molecular flexibility index (Phi) is 6.58. The van der Waals surface area contributed by atoms with Gasteiger partial charge in [-0.1, -0.05) is 66.7 Å². The van der Waals surface area contributed by atoms with Crippen molar-refractivity contribution in [2.45, 2.75) is 37.5 Å². The summed E-state index contributed by atoms with van der Waals surface area (Å²) in [4.78, 5) is 13.2. The van der Waals surface area contributed by atoms with Crippen molar-refractivity contribution in [3.63, 3.8) is 0 Å². The van der Waals surface area contributed by atoms with Gasteiger partial charge in [0.25, 0.3) is 0 Å². The largest absolute Gasteiger partial charge is 0.507 e. The Morgan fingerprint density at radius 2 is 1.52 bits per heavy atom. The van der Waals surface area contributed by atoms with E-state index in [1.807, 2.05) is 48.5 Å². The van der Waals surface area contributed by atoms with E-state index in [9.17, 15) is 23.1 Å². The zero-order chi connectivity index (χ0) is 27.9. The first kappa shape index (κ1) is 25.7. The Labute approximate surface area is 228 Å². The van der Waals surface area contributed by atoms with E-state index in [1.165, 1.54) is 12.1 Å². The van der Waals surface area contributed by atoms with Gasteiger partial charge in [-0.2, -0.15) is 13.2 Å². The van der Waals surface area contributed by atoms with Crippen LogP contribution in [-0.4, -0.2) is 5.11 Å². The number of rotatable bonds is 5. The molecule has 2 unspecified atom stereocenters. The summed E-state index contributed by atoms with van der Waals surface area (Å²) >= 11 is 0. The Morgan fingerprint density at radius 1 is 0.850 bits per heavy atom. The third-order valence-corrected chi connectivity index (χ3v) is 7.62. The summed E-state index contributed by atoms with van der Waals surface area (Å²) in [6, 6.07) is 27.3. The number of hydrogen-bond acceptors (Lipinski definition) is 4. The van der Waals surface area contributed by atoms with Crippen LogP contribution >= 0.6 is 0 Å². The summed E-state index contributed by atoms with van der Waals surface area (Å²) < 4.78 is 50.6. The van der Waals surface area contributed by atoms with Crippen LogP contribution in [0.2, 0.25) is 0 Å². The number of hydrogen-bond donors (Lipinski definition) is 1. The van der Waals surface area contributed by atoms with Gasteiger partial charge in [-0.05, 0) is 71.3 Å². The van der Waals surface area contributed by atoms with Crippen molar-refractivity contribution in [3.8, 4) is 11.5 Å². The van der Waals surface area contributed by atoms with Crippen LogP contribution in [0.25, 0.3) is 11.0 Å². The molecule has 1 aliphatic carbocycles. The Balaban J connectivity index is 1.34. The summed E-state index contributed by atoms with van der Waals surface area (Å²) in [7, 11) is 0. The average molecular weight is 543 g/mol. The molecule has 6 rings (SSSR count). The molecule has 0 saturated heterocycles. The molecule has 1 heterocycles. The zero-order valence-electron chi connectivity index (χ0n) is 21.3. The van der Waals surface area contributed by atoms with Crippen molar-refractivity contribution in [3.05, 3.63) is 141 Å². The van der Waals surface area contributed by atoms with Gasteiger partial charge < -0.3 is 14.3 Å². The van der Waals surface area contributed by atoms with Crippen LogP contribution in [0.1, 0.15) is 51.6 Å². The third kappa shape index (κ3) is 4.83. The van der Waals surface area contributed by atoms with Crippen molar-refractivity contribution in [1.82, 2.24) is 0 Å². The summed E-state index contributed by atoms with van der Waals surface area (Å²) in [6.07, 6.45) is -3.15. The number of para-hydroxylation sites is 2. The molecule has 0 saturated carbocycles. The van der Waals surface area contributed by atoms with Gasteiger partial charge in [0.15, 0.2) is 0 Å².